The fourth-order valence-electron chi connectivity index (χ4n) is 3.76. The Hall–Kier alpha value is -2.03. The zero-order valence-corrected chi connectivity index (χ0v) is 14.1. The Morgan fingerprint density at radius 3 is 2.79 bits per heavy atom. The molecule has 0 spiro atoms. The minimum absolute atomic E-state index is 0.0529. The molecule has 124 valence electrons. The number of carbonyl (C=O) groups is 1. The van der Waals surface area contributed by atoms with Crippen LogP contribution in [0.2, 0.25) is 5.02 Å². The van der Waals surface area contributed by atoms with Crippen LogP contribution in [0.1, 0.15) is 18.5 Å². The SMILES string of the molecule is N#CC1(C(=O)N2CCn3c(cc4cc(Cl)ccc43)C2)CCOCC1. The van der Waals surface area contributed by atoms with Crippen molar-refractivity contribution in [3.8, 4) is 6.07 Å². The number of carbonyl (C=O) groups excluding carboxylic acids is 1. The Balaban J connectivity index is 1.63. The maximum atomic E-state index is 13.0. The van der Waals surface area contributed by atoms with E-state index in [2.05, 4.69) is 16.7 Å². The maximum Gasteiger partial charge on any atom is 0.243 e. The second-order valence-corrected chi connectivity index (χ2v) is 6.96. The number of hydrogen-bond acceptors (Lipinski definition) is 3. The standard InChI is InChI=1S/C18H18ClN3O2/c19-14-1-2-16-13(9-14)10-15-11-21(5-6-22(15)16)17(23)18(12-20)3-7-24-8-4-18/h1-2,9-10H,3-8,11H2. The summed E-state index contributed by atoms with van der Waals surface area (Å²) < 4.78 is 7.57. The third kappa shape index (κ3) is 2.38. The fraction of sp³-hybridized carbons (Fsp3) is 0.444. The molecule has 0 saturated carbocycles. The molecule has 2 aromatic rings. The first-order valence-corrected chi connectivity index (χ1v) is 8.57. The molecule has 1 fully saturated rings. The number of amides is 1. The van der Waals surface area contributed by atoms with Crippen molar-refractivity contribution in [1.29, 1.82) is 5.26 Å². The van der Waals surface area contributed by atoms with Gasteiger partial charge in [0.1, 0.15) is 5.41 Å². The summed E-state index contributed by atoms with van der Waals surface area (Å²) in [6.07, 6.45) is 0.967. The van der Waals surface area contributed by atoms with Crippen LogP contribution in [0.15, 0.2) is 24.3 Å². The van der Waals surface area contributed by atoms with E-state index in [9.17, 15) is 10.1 Å². The van der Waals surface area contributed by atoms with Crippen LogP contribution >= 0.6 is 11.6 Å². The van der Waals surface area contributed by atoms with E-state index in [1.54, 1.807) is 0 Å². The lowest BCUT2D eigenvalue weighted by Gasteiger charge is -2.37. The minimum atomic E-state index is -0.921. The zero-order chi connectivity index (χ0) is 16.7. The number of halogens is 1. The summed E-state index contributed by atoms with van der Waals surface area (Å²) >= 11 is 6.08. The van der Waals surface area contributed by atoms with Crippen LogP contribution in [0, 0.1) is 16.7 Å². The molecular weight excluding hydrogens is 326 g/mol. The van der Waals surface area contributed by atoms with E-state index in [0.29, 0.717) is 44.2 Å². The van der Waals surface area contributed by atoms with E-state index in [0.717, 1.165) is 23.1 Å². The van der Waals surface area contributed by atoms with Gasteiger partial charge in [0.25, 0.3) is 0 Å². The first-order valence-electron chi connectivity index (χ1n) is 8.19. The molecule has 3 heterocycles. The van der Waals surface area contributed by atoms with Crippen molar-refractivity contribution >= 4 is 28.4 Å². The van der Waals surface area contributed by atoms with E-state index in [4.69, 9.17) is 16.3 Å². The van der Waals surface area contributed by atoms with Gasteiger partial charge in [-0.3, -0.25) is 4.79 Å². The molecule has 0 N–H and O–H groups in total. The van der Waals surface area contributed by atoms with Gasteiger partial charge in [-0.1, -0.05) is 11.6 Å². The lowest BCUT2D eigenvalue weighted by atomic mass is 9.80. The van der Waals surface area contributed by atoms with Crippen molar-refractivity contribution < 1.29 is 9.53 Å². The van der Waals surface area contributed by atoms with E-state index in [1.807, 2.05) is 23.1 Å². The quantitative estimate of drug-likeness (QED) is 0.799. The molecule has 0 bridgehead atoms. The number of hydrogen-bond donors (Lipinski definition) is 0. The fourth-order valence-corrected chi connectivity index (χ4v) is 3.94. The monoisotopic (exact) mass is 343 g/mol. The third-order valence-electron chi connectivity index (χ3n) is 5.15. The number of nitriles is 1. The Morgan fingerprint density at radius 1 is 1.25 bits per heavy atom. The molecule has 0 unspecified atom stereocenters. The molecule has 2 aliphatic heterocycles. The molecule has 4 rings (SSSR count). The molecule has 1 amide bonds. The highest BCUT2D eigenvalue weighted by molar-refractivity contribution is 6.31. The van der Waals surface area contributed by atoms with Gasteiger partial charge in [-0.2, -0.15) is 5.26 Å². The van der Waals surface area contributed by atoms with Gasteiger partial charge >= 0.3 is 0 Å². The molecule has 6 heteroatoms. The van der Waals surface area contributed by atoms with E-state index < -0.39 is 5.41 Å². The molecule has 1 aromatic carbocycles. The van der Waals surface area contributed by atoms with Crippen LogP contribution in [0.3, 0.4) is 0 Å². The van der Waals surface area contributed by atoms with Gasteiger partial charge in [0.2, 0.25) is 5.91 Å². The molecule has 0 aliphatic carbocycles. The Bertz CT molecular complexity index is 846. The van der Waals surface area contributed by atoms with Gasteiger partial charge in [-0.15, -0.1) is 0 Å². The molecule has 0 atom stereocenters. The van der Waals surface area contributed by atoms with E-state index in [1.165, 1.54) is 0 Å². The predicted octanol–water partition coefficient (Wildman–Crippen LogP) is 2.96. The van der Waals surface area contributed by atoms with Crippen molar-refractivity contribution in [3.63, 3.8) is 0 Å². The van der Waals surface area contributed by atoms with Crippen molar-refractivity contribution in [2.45, 2.75) is 25.9 Å². The van der Waals surface area contributed by atoms with Crippen molar-refractivity contribution in [2.75, 3.05) is 19.8 Å². The second-order valence-electron chi connectivity index (χ2n) is 6.52. The van der Waals surface area contributed by atoms with Gasteiger partial charge < -0.3 is 14.2 Å². The summed E-state index contributed by atoms with van der Waals surface area (Å²) in [6.45, 7) is 2.86. The van der Waals surface area contributed by atoms with Crippen LogP contribution in [-0.4, -0.2) is 35.1 Å². The van der Waals surface area contributed by atoms with Gasteiger partial charge in [0.15, 0.2) is 0 Å². The smallest absolute Gasteiger partial charge is 0.243 e. The summed E-state index contributed by atoms with van der Waals surface area (Å²) in [5, 5.41) is 11.4. The average molecular weight is 344 g/mol. The summed E-state index contributed by atoms with van der Waals surface area (Å²) in [5.41, 5.74) is 1.31. The largest absolute Gasteiger partial charge is 0.381 e. The van der Waals surface area contributed by atoms with Gasteiger partial charge in [0.05, 0.1) is 12.6 Å². The van der Waals surface area contributed by atoms with Gasteiger partial charge in [-0.05, 0) is 37.1 Å². The number of fused-ring (bicyclic) bond motifs is 3. The van der Waals surface area contributed by atoms with Crippen LogP contribution < -0.4 is 0 Å². The molecule has 5 nitrogen and oxygen atoms in total. The van der Waals surface area contributed by atoms with Crippen molar-refractivity contribution in [1.82, 2.24) is 9.47 Å². The number of aromatic nitrogens is 1. The number of nitrogens with zero attached hydrogens (tertiary/aromatic N) is 3. The zero-order valence-electron chi connectivity index (χ0n) is 13.3. The summed E-state index contributed by atoms with van der Waals surface area (Å²) in [6, 6.07) is 10.2. The summed E-state index contributed by atoms with van der Waals surface area (Å²) in [7, 11) is 0. The van der Waals surface area contributed by atoms with Crippen LogP contribution in [-0.2, 0) is 22.6 Å². The molecule has 2 aliphatic rings. The number of benzene rings is 1. The van der Waals surface area contributed by atoms with E-state index in [-0.39, 0.29) is 5.91 Å². The van der Waals surface area contributed by atoms with Crippen molar-refractivity contribution in [2.24, 2.45) is 5.41 Å². The number of ether oxygens (including phenoxy) is 1. The van der Waals surface area contributed by atoms with Crippen LogP contribution in [0.5, 0.6) is 0 Å². The maximum absolute atomic E-state index is 13.0. The highest BCUT2D eigenvalue weighted by atomic mass is 35.5. The first-order chi connectivity index (χ1) is 11.6. The van der Waals surface area contributed by atoms with Gasteiger partial charge in [-0.25, -0.2) is 0 Å². The predicted molar refractivity (Wildman–Crippen MR) is 90.5 cm³/mol. The summed E-state index contributed by atoms with van der Waals surface area (Å²) in [5.74, 6) is -0.0529. The Kier molecular flexibility index (Phi) is 3.75. The highest BCUT2D eigenvalue weighted by Crippen LogP contribution is 2.34. The minimum Gasteiger partial charge on any atom is -0.381 e. The summed E-state index contributed by atoms with van der Waals surface area (Å²) in [4.78, 5) is 14.8. The first kappa shape index (κ1) is 15.5. The molecular formula is C18H18ClN3O2. The molecule has 24 heavy (non-hydrogen) atoms. The molecule has 0 radical (unpaired) electrons. The van der Waals surface area contributed by atoms with Crippen LogP contribution in [0.4, 0.5) is 0 Å². The lowest BCUT2D eigenvalue weighted by molar-refractivity contribution is -0.144. The second kappa shape index (κ2) is 5.80. The average Bonchev–Trinajstić information content (AvgIpc) is 2.98. The lowest BCUT2D eigenvalue weighted by Crippen LogP contribution is -2.48. The number of rotatable bonds is 1. The third-order valence-corrected chi connectivity index (χ3v) is 5.39. The van der Waals surface area contributed by atoms with Crippen LogP contribution in [0.25, 0.3) is 10.9 Å². The molecule has 1 aromatic heterocycles. The highest BCUT2D eigenvalue weighted by Gasteiger charge is 2.43. The van der Waals surface area contributed by atoms with E-state index >= 15 is 0 Å². The topological polar surface area (TPSA) is 58.3 Å². The van der Waals surface area contributed by atoms with Crippen molar-refractivity contribution in [3.05, 3.63) is 35.0 Å². The normalized spacial score (nSPS) is 19.8. The van der Waals surface area contributed by atoms with Gasteiger partial charge in [0, 0.05) is 47.9 Å². The Labute approximate surface area is 145 Å². The molecule has 1 saturated heterocycles. The Morgan fingerprint density at radius 2 is 2.04 bits per heavy atom.